The van der Waals surface area contributed by atoms with Crippen LogP contribution in [0, 0.1) is 0 Å². The van der Waals surface area contributed by atoms with Crippen molar-refractivity contribution in [3.05, 3.63) is 34.3 Å². The molecule has 2 unspecified atom stereocenters. The molecule has 1 aromatic rings. The van der Waals surface area contributed by atoms with E-state index >= 15 is 0 Å². The van der Waals surface area contributed by atoms with Gasteiger partial charge in [0.05, 0.1) is 0 Å². The first-order valence-corrected chi connectivity index (χ1v) is 7.25. The van der Waals surface area contributed by atoms with Gasteiger partial charge in [-0.15, -0.1) is 0 Å². The van der Waals surface area contributed by atoms with Crippen molar-refractivity contribution < 1.29 is 0 Å². The molecule has 1 saturated heterocycles. The summed E-state index contributed by atoms with van der Waals surface area (Å²) in [7, 11) is 2.05. The number of hydrogen-bond acceptors (Lipinski definition) is 2. The van der Waals surface area contributed by atoms with Crippen LogP contribution < -0.4 is 10.6 Å². The Labute approximate surface area is 112 Å². The van der Waals surface area contributed by atoms with Crippen LogP contribution in [0.4, 0.5) is 0 Å². The molecule has 3 heteroatoms. The molecule has 1 aromatic carbocycles. The fourth-order valence-corrected chi connectivity index (χ4v) is 2.79. The highest BCUT2D eigenvalue weighted by atomic mass is 79.9. The van der Waals surface area contributed by atoms with E-state index in [0.29, 0.717) is 12.1 Å². The zero-order chi connectivity index (χ0) is 12.1. The number of halogens is 1. The van der Waals surface area contributed by atoms with E-state index in [1.807, 2.05) is 0 Å². The Morgan fingerprint density at radius 3 is 2.71 bits per heavy atom. The highest BCUT2D eigenvalue weighted by molar-refractivity contribution is 9.10. The van der Waals surface area contributed by atoms with Crippen molar-refractivity contribution in [2.75, 3.05) is 13.6 Å². The molecule has 0 bridgehead atoms. The molecule has 1 aliphatic heterocycles. The van der Waals surface area contributed by atoms with Crippen LogP contribution in [0.15, 0.2) is 28.7 Å². The second kappa shape index (κ2) is 6.53. The summed E-state index contributed by atoms with van der Waals surface area (Å²) in [4.78, 5) is 0. The van der Waals surface area contributed by atoms with Crippen molar-refractivity contribution in [3.8, 4) is 0 Å². The summed E-state index contributed by atoms with van der Waals surface area (Å²) in [6.07, 6.45) is 5.19. The first-order valence-electron chi connectivity index (χ1n) is 6.45. The van der Waals surface area contributed by atoms with Crippen molar-refractivity contribution in [2.24, 2.45) is 0 Å². The molecule has 94 valence electrons. The van der Waals surface area contributed by atoms with Gasteiger partial charge in [-0.3, -0.25) is 0 Å². The largest absolute Gasteiger partial charge is 0.314 e. The maximum Gasteiger partial charge on any atom is 0.0332 e. The maximum absolute atomic E-state index is 3.62. The lowest BCUT2D eigenvalue weighted by Crippen LogP contribution is -2.37. The molecule has 1 heterocycles. The molecule has 0 spiro atoms. The molecule has 0 amide bonds. The van der Waals surface area contributed by atoms with Gasteiger partial charge < -0.3 is 10.6 Å². The van der Waals surface area contributed by atoms with Gasteiger partial charge in [0.15, 0.2) is 0 Å². The van der Waals surface area contributed by atoms with E-state index < -0.39 is 0 Å². The predicted molar refractivity (Wildman–Crippen MR) is 76.2 cm³/mol. The summed E-state index contributed by atoms with van der Waals surface area (Å²) in [6, 6.07) is 9.77. The number of benzene rings is 1. The molecular weight excluding hydrogens is 276 g/mol. The second-order valence-electron chi connectivity index (χ2n) is 4.78. The van der Waals surface area contributed by atoms with E-state index in [-0.39, 0.29) is 0 Å². The fourth-order valence-electron chi connectivity index (χ4n) is 2.53. The maximum atomic E-state index is 3.62. The van der Waals surface area contributed by atoms with Crippen molar-refractivity contribution in [2.45, 2.75) is 37.8 Å². The van der Waals surface area contributed by atoms with Gasteiger partial charge in [-0.1, -0.05) is 34.5 Å². The van der Waals surface area contributed by atoms with Crippen LogP contribution in [0.5, 0.6) is 0 Å². The Kier molecular flexibility index (Phi) is 5.01. The molecule has 0 aliphatic carbocycles. The molecule has 2 nitrogen and oxygen atoms in total. The van der Waals surface area contributed by atoms with Gasteiger partial charge >= 0.3 is 0 Å². The summed E-state index contributed by atoms with van der Waals surface area (Å²) >= 11 is 3.48. The average molecular weight is 297 g/mol. The Hall–Kier alpha value is -0.380. The van der Waals surface area contributed by atoms with Gasteiger partial charge in [-0.2, -0.15) is 0 Å². The van der Waals surface area contributed by atoms with E-state index in [2.05, 4.69) is 57.9 Å². The van der Waals surface area contributed by atoms with E-state index in [1.54, 1.807) is 0 Å². The van der Waals surface area contributed by atoms with Gasteiger partial charge in [-0.25, -0.2) is 0 Å². The fraction of sp³-hybridized carbons (Fsp3) is 0.571. The van der Waals surface area contributed by atoms with Crippen molar-refractivity contribution in [1.82, 2.24) is 10.6 Å². The summed E-state index contributed by atoms with van der Waals surface area (Å²) in [5, 5.41) is 7.05. The quantitative estimate of drug-likeness (QED) is 0.891. The van der Waals surface area contributed by atoms with Crippen LogP contribution in [0.3, 0.4) is 0 Å². The van der Waals surface area contributed by atoms with Gasteiger partial charge in [0.25, 0.3) is 0 Å². The van der Waals surface area contributed by atoms with Gasteiger partial charge in [0.1, 0.15) is 0 Å². The standard InChI is InChI=1S/C14H21BrN2/c1-16-14(10-13-4-2-3-9-17-13)11-5-7-12(15)8-6-11/h5-8,13-14,16-17H,2-4,9-10H2,1H3. The number of piperidine rings is 1. The molecule has 0 saturated carbocycles. The first kappa shape index (κ1) is 13.1. The third-order valence-corrected chi connectivity index (χ3v) is 4.08. The van der Waals surface area contributed by atoms with E-state index in [1.165, 1.54) is 37.8 Å². The van der Waals surface area contributed by atoms with Crippen LogP contribution in [0.25, 0.3) is 0 Å². The number of hydrogen-bond donors (Lipinski definition) is 2. The highest BCUT2D eigenvalue weighted by Gasteiger charge is 2.18. The monoisotopic (exact) mass is 296 g/mol. The number of rotatable bonds is 4. The van der Waals surface area contributed by atoms with Crippen LogP contribution in [0.1, 0.15) is 37.3 Å². The Bertz CT molecular complexity index is 331. The Morgan fingerprint density at radius 2 is 2.12 bits per heavy atom. The van der Waals surface area contributed by atoms with Gasteiger partial charge in [0.2, 0.25) is 0 Å². The van der Waals surface area contributed by atoms with Crippen molar-refractivity contribution in [3.63, 3.8) is 0 Å². The van der Waals surface area contributed by atoms with Crippen molar-refractivity contribution in [1.29, 1.82) is 0 Å². The average Bonchev–Trinajstić information content (AvgIpc) is 2.38. The zero-order valence-corrected chi connectivity index (χ0v) is 12.0. The van der Waals surface area contributed by atoms with Crippen molar-refractivity contribution >= 4 is 15.9 Å². The molecular formula is C14H21BrN2. The highest BCUT2D eigenvalue weighted by Crippen LogP contribution is 2.23. The zero-order valence-electron chi connectivity index (χ0n) is 10.4. The minimum absolute atomic E-state index is 0.457. The van der Waals surface area contributed by atoms with Gasteiger partial charge in [-0.05, 0) is 50.6 Å². The molecule has 1 aliphatic rings. The topological polar surface area (TPSA) is 24.1 Å². The molecule has 2 N–H and O–H groups in total. The lowest BCUT2D eigenvalue weighted by Gasteiger charge is -2.28. The van der Waals surface area contributed by atoms with E-state index in [0.717, 1.165) is 4.47 Å². The smallest absolute Gasteiger partial charge is 0.0332 e. The van der Waals surface area contributed by atoms with Crippen LogP contribution >= 0.6 is 15.9 Å². The Morgan fingerprint density at radius 1 is 1.35 bits per heavy atom. The van der Waals surface area contributed by atoms with Crippen LogP contribution in [-0.4, -0.2) is 19.6 Å². The van der Waals surface area contributed by atoms with Gasteiger partial charge in [0, 0.05) is 16.6 Å². The summed E-state index contributed by atoms with van der Waals surface area (Å²) < 4.78 is 1.15. The first-order chi connectivity index (χ1) is 8.29. The summed E-state index contributed by atoms with van der Waals surface area (Å²) in [5.74, 6) is 0. The summed E-state index contributed by atoms with van der Waals surface area (Å²) in [6.45, 7) is 1.18. The second-order valence-corrected chi connectivity index (χ2v) is 5.69. The molecule has 2 rings (SSSR count). The lowest BCUT2D eigenvalue weighted by molar-refractivity contribution is 0.347. The third kappa shape index (κ3) is 3.80. The molecule has 2 atom stereocenters. The minimum Gasteiger partial charge on any atom is -0.314 e. The normalized spacial score (nSPS) is 22.4. The molecule has 17 heavy (non-hydrogen) atoms. The third-order valence-electron chi connectivity index (χ3n) is 3.55. The molecule has 1 fully saturated rings. The summed E-state index contributed by atoms with van der Waals surface area (Å²) in [5.41, 5.74) is 1.38. The Balaban J connectivity index is 1.97. The molecule has 0 radical (unpaired) electrons. The number of nitrogens with one attached hydrogen (secondary N) is 2. The minimum atomic E-state index is 0.457. The predicted octanol–water partition coefficient (Wildman–Crippen LogP) is 3.24. The molecule has 0 aromatic heterocycles. The van der Waals surface area contributed by atoms with Crippen LogP contribution in [0.2, 0.25) is 0 Å². The lowest BCUT2D eigenvalue weighted by atomic mass is 9.94. The van der Waals surface area contributed by atoms with Crippen LogP contribution in [-0.2, 0) is 0 Å². The van der Waals surface area contributed by atoms with E-state index in [9.17, 15) is 0 Å². The van der Waals surface area contributed by atoms with E-state index in [4.69, 9.17) is 0 Å². The SMILES string of the molecule is CNC(CC1CCCCN1)c1ccc(Br)cc1.